The number of pyridine rings is 1. The second-order valence-corrected chi connectivity index (χ2v) is 5.58. The number of anilines is 1. The van der Waals surface area contributed by atoms with Crippen molar-refractivity contribution in [1.29, 1.82) is 0 Å². The van der Waals surface area contributed by atoms with Crippen molar-refractivity contribution in [2.24, 2.45) is 15.9 Å². The minimum atomic E-state index is 0.364. The molecule has 0 bridgehead atoms. The number of hydrogen-bond donors (Lipinski definition) is 1. The zero-order valence-electron chi connectivity index (χ0n) is 13.7. The lowest BCUT2D eigenvalue weighted by molar-refractivity contribution is 1.14. The average molecular weight is 317 g/mol. The van der Waals surface area contributed by atoms with Gasteiger partial charge in [0, 0.05) is 48.7 Å². The molecule has 3 aromatic rings. The van der Waals surface area contributed by atoms with Crippen LogP contribution in [0.3, 0.4) is 0 Å². The van der Waals surface area contributed by atoms with Crippen molar-refractivity contribution in [3.8, 4) is 0 Å². The van der Waals surface area contributed by atoms with E-state index in [4.69, 9.17) is 5.73 Å². The van der Waals surface area contributed by atoms with Crippen molar-refractivity contribution in [3.63, 3.8) is 0 Å². The summed E-state index contributed by atoms with van der Waals surface area (Å²) in [5.41, 5.74) is 8.91. The number of nitrogens with zero attached hydrogens (tertiary/aromatic N) is 4. The monoisotopic (exact) mass is 317 g/mol. The molecular weight excluding hydrogens is 298 g/mol. The Hall–Kier alpha value is -3.21. The number of benzene rings is 2. The van der Waals surface area contributed by atoms with Gasteiger partial charge in [0.05, 0.1) is 6.21 Å². The van der Waals surface area contributed by atoms with Crippen molar-refractivity contribution in [2.45, 2.75) is 0 Å². The molecule has 0 fully saturated rings. The lowest BCUT2D eigenvalue weighted by Crippen LogP contribution is -2.12. The van der Waals surface area contributed by atoms with Crippen LogP contribution in [0.15, 0.2) is 71.1 Å². The summed E-state index contributed by atoms with van der Waals surface area (Å²) in [6.07, 6.45) is 5.08. The summed E-state index contributed by atoms with van der Waals surface area (Å²) in [5, 5.41) is 10.5. The van der Waals surface area contributed by atoms with Crippen LogP contribution in [0.5, 0.6) is 0 Å². The molecule has 1 aromatic heterocycles. The Morgan fingerprint density at radius 3 is 2.42 bits per heavy atom. The van der Waals surface area contributed by atoms with E-state index in [0.29, 0.717) is 5.84 Å². The molecule has 0 aliphatic carbocycles. The van der Waals surface area contributed by atoms with E-state index in [9.17, 15) is 0 Å². The summed E-state index contributed by atoms with van der Waals surface area (Å²) in [6.45, 7) is 0. The third kappa shape index (κ3) is 3.25. The van der Waals surface area contributed by atoms with Gasteiger partial charge in [-0.05, 0) is 23.6 Å². The highest BCUT2D eigenvalue weighted by molar-refractivity contribution is 6.05. The van der Waals surface area contributed by atoms with E-state index in [-0.39, 0.29) is 0 Å². The molecule has 5 heteroatoms. The van der Waals surface area contributed by atoms with Crippen LogP contribution in [0.1, 0.15) is 11.1 Å². The fourth-order valence-corrected chi connectivity index (χ4v) is 2.54. The van der Waals surface area contributed by atoms with E-state index in [0.717, 1.165) is 16.5 Å². The van der Waals surface area contributed by atoms with Crippen LogP contribution < -0.4 is 10.6 Å². The molecule has 3 rings (SSSR count). The Morgan fingerprint density at radius 1 is 1.00 bits per heavy atom. The molecule has 0 atom stereocenters. The van der Waals surface area contributed by atoms with Gasteiger partial charge in [0.2, 0.25) is 0 Å². The van der Waals surface area contributed by atoms with E-state index < -0.39 is 0 Å². The Morgan fingerprint density at radius 2 is 1.71 bits per heavy atom. The van der Waals surface area contributed by atoms with Gasteiger partial charge in [-0.2, -0.15) is 5.10 Å². The predicted molar refractivity (Wildman–Crippen MR) is 101 cm³/mol. The first kappa shape index (κ1) is 15.7. The summed E-state index contributed by atoms with van der Waals surface area (Å²) >= 11 is 0. The van der Waals surface area contributed by atoms with Gasteiger partial charge in [-0.25, -0.2) is 0 Å². The molecule has 0 amide bonds. The molecule has 2 N–H and O–H groups in total. The van der Waals surface area contributed by atoms with Crippen LogP contribution in [0.25, 0.3) is 10.8 Å². The smallest absolute Gasteiger partial charge is 0.153 e. The standard InChI is InChI=1S/C19H19N5/c1-24(2)18-8-7-15(16-5-3-4-6-17(16)18)13-22-23-19(20)14-9-11-21-12-10-14/h3-13H,1-2H3,(H2,20,23)/b22-13+. The highest BCUT2D eigenvalue weighted by Crippen LogP contribution is 2.27. The van der Waals surface area contributed by atoms with Crippen LogP contribution in [0.2, 0.25) is 0 Å². The topological polar surface area (TPSA) is 66.9 Å². The summed E-state index contributed by atoms with van der Waals surface area (Å²) in [7, 11) is 4.07. The largest absolute Gasteiger partial charge is 0.382 e. The predicted octanol–water partition coefficient (Wildman–Crippen LogP) is 3.04. The first-order valence-corrected chi connectivity index (χ1v) is 7.63. The molecule has 5 nitrogen and oxygen atoms in total. The maximum absolute atomic E-state index is 5.94. The minimum absolute atomic E-state index is 0.364. The molecule has 0 saturated heterocycles. The van der Waals surface area contributed by atoms with E-state index in [1.165, 1.54) is 11.1 Å². The zero-order chi connectivity index (χ0) is 16.9. The van der Waals surface area contributed by atoms with Gasteiger partial charge in [0.25, 0.3) is 0 Å². The fraction of sp³-hybridized carbons (Fsp3) is 0.105. The van der Waals surface area contributed by atoms with Crippen molar-refractivity contribution in [2.75, 3.05) is 19.0 Å². The maximum Gasteiger partial charge on any atom is 0.153 e. The molecule has 0 saturated carbocycles. The van der Waals surface area contributed by atoms with Gasteiger partial charge in [-0.15, -0.1) is 5.10 Å². The number of hydrogen-bond acceptors (Lipinski definition) is 4. The van der Waals surface area contributed by atoms with Crippen LogP contribution in [-0.4, -0.2) is 31.1 Å². The number of amidine groups is 1. The van der Waals surface area contributed by atoms with Crippen molar-refractivity contribution < 1.29 is 0 Å². The van der Waals surface area contributed by atoms with E-state index in [1.807, 2.05) is 32.3 Å². The molecule has 2 aromatic carbocycles. The third-order valence-corrected chi connectivity index (χ3v) is 3.75. The summed E-state index contributed by atoms with van der Waals surface area (Å²) in [5.74, 6) is 0.364. The van der Waals surface area contributed by atoms with Crippen molar-refractivity contribution in [3.05, 3.63) is 72.1 Å². The normalized spacial score (nSPS) is 12.0. The Balaban J connectivity index is 1.95. The van der Waals surface area contributed by atoms with Gasteiger partial charge in [0.15, 0.2) is 5.84 Å². The van der Waals surface area contributed by atoms with Crippen LogP contribution in [0, 0.1) is 0 Å². The van der Waals surface area contributed by atoms with Crippen LogP contribution in [-0.2, 0) is 0 Å². The number of aromatic nitrogens is 1. The first-order valence-electron chi connectivity index (χ1n) is 7.63. The summed E-state index contributed by atoms with van der Waals surface area (Å²) in [4.78, 5) is 6.06. The highest BCUT2D eigenvalue weighted by Gasteiger charge is 2.05. The van der Waals surface area contributed by atoms with Gasteiger partial charge in [-0.3, -0.25) is 4.98 Å². The van der Waals surface area contributed by atoms with E-state index in [1.54, 1.807) is 30.7 Å². The number of rotatable bonds is 4. The molecule has 0 aliphatic rings. The number of nitrogens with two attached hydrogens (primary N) is 1. The lowest BCUT2D eigenvalue weighted by Gasteiger charge is -2.16. The van der Waals surface area contributed by atoms with Gasteiger partial charge in [-0.1, -0.05) is 30.3 Å². The SMILES string of the molecule is CN(C)c1ccc(/C=N/N=C(\N)c2ccncc2)c2ccccc12. The lowest BCUT2D eigenvalue weighted by atomic mass is 10.0. The maximum atomic E-state index is 5.94. The Kier molecular flexibility index (Phi) is 4.52. The van der Waals surface area contributed by atoms with Crippen molar-refractivity contribution >= 4 is 28.5 Å². The number of fused-ring (bicyclic) bond motifs is 1. The van der Waals surface area contributed by atoms with Gasteiger partial charge >= 0.3 is 0 Å². The third-order valence-electron chi connectivity index (χ3n) is 3.75. The Labute approximate surface area is 141 Å². The fourth-order valence-electron chi connectivity index (χ4n) is 2.54. The molecule has 0 aliphatic heterocycles. The first-order chi connectivity index (χ1) is 11.7. The average Bonchev–Trinajstić information content (AvgIpc) is 2.62. The molecule has 1 heterocycles. The van der Waals surface area contributed by atoms with E-state index in [2.05, 4.69) is 38.3 Å². The van der Waals surface area contributed by atoms with E-state index >= 15 is 0 Å². The summed E-state index contributed by atoms with van der Waals surface area (Å²) in [6, 6.07) is 16.0. The Bertz CT molecular complexity index is 898. The summed E-state index contributed by atoms with van der Waals surface area (Å²) < 4.78 is 0. The molecule has 120 valence electrons. The molecule has 0 unspecified atom stereocenters. The molecule has 0 spiro atoms. The van der Waals surface area contributed by atoms with Crippen LogP contribution >= 0.6 is 0 Å². The quantitative estimate of drug-likeness (QED) is 0.457. The van der Waals surface area contributed by atoms with Gasteiger partial charge < -0.3 is 10.6 Å². The molecular formula is C19H19N5. The second kappa shape index (κ2) is 6.91. The highest BCUT2D eigenvalue weighted by atomic mass is 15.2. The molecule has 24 heavy (non-hydrogen) atoms. The van der Waals surface area contributed by atoms with Gasteiger partial charge in [0.1, 0.15) is 0 Å². The van der Waals surface area contributed by atoms with Crippen molar-refractivity contribution in [1.82, 2.24) is 4.98 Å². The zero-order valence-corrected chi connectivity index (χ0v) is 13.7. The van der Waals surface area contributed by atoms with Crippen LogP contribution in [0.4, 0.5) is 5.69 Å². The second-order valence-electron chi connectivity index (χ2n) is 5.58. The molecule has 0 radical (unpaired) electrons. The minimum Gasteiger partial charge on any atom is -0.382 e.